The van der Waals surface area contributed by atoms with Crippen LogP contribution in [0.15, 0.2) is 58.2 Å². The Morgan fingerprint density at radius 3 is 2.94 bits per heavy atom. The first-order valence-corrected chi connectivity index (χ1v) is 12.1. The topological polar surface area (TPSA) is 78.5 Å². The molecule has 4 aliphatic heterocycles. The largest absolute Gasteiger partial charge is 0.351 e. The minimum atomic E-state index is -0.174. The Balaban J connectivity index is 1.10. The normalized spacial score (nSPS) is 23.8. The predicted octanol–water partition coefficient (Wildman–Crippen LogP) is 3.14. The second-order valence-corrected chi connectivity index (χ2v) is 9.51. The molecule has 3 fully saturated rings. The highest BCUT2D eigenvalue weighted by atomic mass is 32.2. The van der Waals surface area contributed by atoms with Crippen LogP contribution in [0.4, 0.5) is 5.69 Å². The van der Waals surface area contributed by atoms with E-state index in [9.17, 15) is 9.59 Å². The summed E-state index contributed by atoms with van der Waals surface area (Å²) < 4.78 is 6.07. The molecule has 1 N–H and O–H groups in total. The van der Waals surface area contributed by atoms with Crippen molar-refractivity contribution in [2.24, 2.45) is 0 Å². The first-order valence-electron chi connectivity index (χ1n) is 11.1. The molecule has 3 aromatic rings. The molecule has 3 unspecified atom stereocenters. The number of nitrogens with zero attached hydrogens (tertiary/aromatic N) is 3. The van der Waals surface area contributed by atoms with Gasteiger partial charge in [0.25, 0.3) is 5.56 Å². The maximum Gasteiger partial charge on any atom is 0.258 e. The zero-order valence-corrected chi connectivity index (χ0v) is 18.4. The van der Waals surface area contributed by atoms with Crippen LogP contribution in [0.1, 0.15) is 25.1 Å². The SMILES string of the molecule is O=C(CCCc1nc2ccccc2c(=O)[nH]1)N1CCC2OC1C2N1CSc2ccccc21. The van der Waals surface area contributed by atoms with E-state index >= 15 is 0 Å². The van der Waals surface area contributed by atoms with Crippen molar-refractivity contribution < 1.29 is 9.53 Å². The van der Waals surface area contributed by atoms with E-state index in [2.05, 4.69) is 39.1 Å². The molecule has 0 saturated carbocycles. The van der Waals surface area contributed by atoms with Crippen molar-refractivity contribution in [2.45, 2.75) is 49.0 Å². The molecule has 164 valence electrons. The summed E-state index contributed by atoms with van der Waals surface area (Å²) in [5.41, 5.74) is 1.81. The van der Waals surface area contributed by atoms with Gasteiger partial charge in [0, 0.05) is 24.3 Å². The number of aromatic amines is 1. The number of piperidine rings is 1. The minimum absolute atomic E-state index is 0.112. The molecule has 1 aromatic heterocycles. The summed E-state index contributed by atoms with van der Waals surface area (Å²) in [5, 5.41) is 0.588. The summed E-state index contributed by atoms with van der Waals surface area (Å²) in [6, 6.07) is 16.0. The Bertz CT molecular complexity index is 1240. The summed E-state index contributed by atoms with van der Waals surface area (Å²) in [4.78, 5) is 38.3. The fraction of sp³-hybridized carbons (Fsp3) is 0.375. The molecule has 0 radical (unpaired) electrons. The average molecular weight is 449 g/mol. The number of thioether (sulfide) groups is 1. The number of benzene rings is 2. The highest BCUT2D eigenvalue weighted by molar-refractivity contribution is 7.99. The van der Waals surface area contributed by atoms with E-state index in [1.807, 2.05) is 34.9 Å². The van der Waals surface area contributed by atoms with Gasteiger partial charge in [-0.05, 0) is 37.1 Å². The molecule has 5 heterocycles. The van der Waals surface area contributed by atoms with Crippen LogP contribution in [-0.2, 0) is 16.0 Å². The summed E-state index contributed by atoms with van der Waals surface area (Å²) in [6.45, 7) is 0.748. The van der Waals surface area contributed by atoms with Crippen LogP contribution in [0.3, 0.4) is 0 Å². The number of carbonyl (C=O) groups is 1. The molecule has 1 amide bonds. The number of carbonyl (C=O) groups excluding carboxylic acids is 1. The number of amides is 1. The highest BCUT2D eigenvalue weighted by Gasteiger charge is 2.54. The second kappa shape index (κ2) is 7.94. The van der Waals surface area contributed by atoms with Crippen LogP contribution in [0.5, 0.6) is 0 Å². The molecule has 2 aromatic carbocycles. The van der Waals surface area contributed by atoms with Gasteiger partial charge in [-0.3, -0.25) is 9.59 Å². The van der Waals surface area contributed by atoms with Crippen molar-refractivity contribution in [2.75, 3.05) is 17.3 Å². The fourth-order valence-corrected chi connectivity index (χ4v) is 6.12. The summed E-state index contributed by atoms with van der Waals surface area (Å²) >= 11 is 1.85. The number of hydrogen-bond donors (Lipinski definition) is 1. The molecule has 7 rings (SSSR count). The zero-order valence-electron chi connectivity index (χ0n) is 17.6. The number of H-pyrrole nitrogens is 1. The van der Waals surface area contributed by atoms with Crippen LogP contribution < -0.4 is 10.5 Å². The summed E-state index contributed by atoms with van der Waals surface area (Å²) in [7, 11) is 0. The first kappa shape index (κ1) is 19.8. The van der Waals surface area contributed by atoms with Gasteiger partial charge in [0.1, 0.15) is 11.9 Å². The molecular weight excluding hydrogens is 424 g/mol. The van der Waals surface area contributed by atoms with Crippen molar-refractivity contribution in [3.05, 3.63) is 64.7 Å². The minimum Gasteiger partial charge on any atom is -0.351 e. The third-order valence-electron chi connectivity index (χ3n) is 6.63. The van der Waals surface area contributed by atoms with Gasteiger partial charge >= 0.3 is 0 Å². The maximum absolute atomic E-state index is 13.0. The fourth-order valence-electron chi connectivity index (χ4n) is 5.02. The van der Waals surface area contributed by atoms with E-state index in [-0.39, 0.29) is 29.8 Å². The van der Waals surface area contributed by atoms with Gasteiger partial charge in [-0.25, -0.2) is 4.98 Å². The Kier molecular flexibility index (Phi) is 4.91. The average Bonchev–Trinajstić information content (AvgIpc) is 3.22. The lowest BCUT2D eigenvalue weighted by Gasteiger charge is -2.57. The Morgan fingerprint density at radius 1 is 1.19 bits per heavy atom. The number of aryl methyl sites for hydroxylation is 1. The van der Waals surface area contributed by atoms with E-state index in [0.29, 0.717) is 36.0 Å². The molecular formula is C24H24N4O3S. The number of ether oxygens (including phenoxy) is 1. The van der Waals surface area contributed by atoms with Gasteiger partial charge in [-0.2, -0.15) is 0 Å². The molecule has 3 atom stereocenters. The molecule has 3 saturated heterocycles. The van der Waals surface area contributed by atoms with Crippen molar-refractivity contribution in [1.29, 1.82) is 0 Å². The van der Waals surface area contributed by atoms with Gasteiger partial charge < -0.3 is 19.5 Å². The van der Waals surface area contributed by atoms with Gasteiger partial charge in [-0.1, -0.05) is 24.3 Å². The van der Waals surface area contributed by atoms with Crippen molar-refractivity contribution >= 4 is 34.3 Å². The van der Waals surface area contributed by atoms with Crippen molar-refractivity contribution in [3.63, 3.8) is 0 Å². The number of rotatable bonds is 5. The third-order valence-corrected chi connectivity index (χ3v) is 7.69. The van der Waals surface area contributed by atoms with E-state index in [0.717, 1.165) is 18.8 Å². The molecule has 2 bridgehead atoms. The van der Waals surface area contributed by atoms with Gasteiger partial charge in [0.05, 0.1) is 28.6 Å². The lowest BCUT2D eigenvalue weighted by molar-refractivity contribution is -0.245. The van der Waals surface area contributed by atoms with Gasteiger partial charge in [0.15, 0.2) is 6.23 Å². The van der Waals surface area contributed by atoms with Crippen LogP contribution in [0.25, 0.3) is 10.9 Å². The number of para-hydroxylation sites is 2. The van der Waals surface area contributed by atoms with Crippen LogP contribution in [-0.4, -0.2) is 51.6 Å². The molecule has 32 heavy (non-hydrogen) atoms. The molecule has 4 aliphatic rings. The van der Waals surface area contributed by atoms with Crippen molar-refractivity contribution in [3.8, 4) is 0 Å². The zero-order chi connectivity index (χ0) is 21.7. The lowest BCUT2D eigenvalue weighted by atomic mass is 9.91. The van der Waals surface area contributed by atoms with Crippen LogP contribution >= 0.6 is 11.8 Å². The molecule has 8 heteroatoms. The number of hydrogen-bond acceptors (Lipinski definition) is 6. The van der Waals surface area contributed by atoms with Crippen LogP contribution in [0, 0.1) is 0 Å². The van der Waals surface area contributed by atoms with E-state index in [4.69, 9.17) is 4.74 Å². The lowest BCUT2D eigenvalue weighted by Crippen LogP contribution is -2.73. The molecule has 0 aliphatic carbocycles. The van der Waals surface area contributed by atoms with Gasteiger partial charge in [-0.15, -0.1) is 11.8 Å². The number of aromatic nitrogens is 2. The standard InChI is InChI=1S/C24H24N4O3S/c29-21(11-5-10-20-25-16-7-2-1-6-15(16)23(30)26-20)27-13-12-18-22(24(27)31-18)28-14-32-19-9-4-3-8-17(19)28/h1-4,6-9,18,22,24H,5,10-14H2,(H,25,26,30). The third kappa shape index (κ3) is 3.29. The first-order chi connectivity index (χ1) is 15.7. The Morgan fingerprint density at radius 2 is 2.03 bits per heavy atom. The Hall–Kier alpha value is -2.84. The summed E-state index contributed by atoms with van der Waals surface area (Å²) in [6.07, 6.45) is 2.51. The molecule has 0 spiro atoms. The predicted molar refractivity (Wildman–Crippen MR) is 124 cm³/mol. The number of anilines is 1. The van der Waals surface area contributed by atoms with E-state index < -0.39 is 0 Å². The van der Waals surface area contributed by atoms with E-state index in [1.54, 1.807) is 6.07 Å². The van der Waals surface area contributed by atoms with Crippen molar-refractivity contribution in [1.82, 2.24) is 14.9 Å². The van der Waals surface area contributed by atoms with E-state index in [1.165, 1.54) is 10.6 Å². The maximum atomic E-state index is 13.0. The summed E-state index contributed by atoms with van der Waals surface area (Å²) in [5.74, 6) is 1.65. The highest BCUT2D eigenvalue weighted by Crippen LogP contribution is 2.46. The van der Waals surface area contributed by atoms with Crippen LogP contribution in [0.2, 0.25) is 0 Å². The second-order valence-electron chi connectivity index (χ2n) is 8.53. The smallest absolute Gasteiger partial charge is 0.258 e. The Labute approximate surface area is 189 Å². The number of fused-ring (bicyclic) bond motifs is 4. The van der Waals surface area contributed by atoms with Gasteiger partial charge in [0.2, 0.25) is 5.91 Å². The monoisotopic (exact) mass is 448 g/mol. The molecule has 7 nitrogen and oxygen atoms in total. The number of nitrogens with one attached hydrogen (secondary N) is 1. The quantitative estimate of drug-likeness (QED) is 0.646.